The average Bonchev–Trinajstić information content (AvgIpc) is 2.77. The summed E-state index contributed by atoms with van der Waals surface area (Å²) in [5.74, 6) is -0.404. The van der Waals surface area contributed by atoms with Crippen LogP contribution < -0.4 is 5.73 Å². The lowest BCUT2D eigenvalue weighted by Crippen LogP contribution is -2.03. The quantitative estimate of drug-likeness (QED) is 0.696. The lowest BCUT2D eigenvalue weighted by molar-refractivity contribution is -0.137. The standard InChI is InChI=1S/C12H9F3N2OS/c13-12(14,15)11-17-6-10(19-11)9(18)5-7-2-1-3-8(16)4-7/h1-4,6H,5,16H2. The van der Waals surface area contributed by atoms with Crippen LogP contribution in [0.25, 0.3) is 0 Å². The highest BCUT2D eigenvalue weighted by molar-refractivity contribution is 7.13. The highest BCUT2D eigenvalue weighted by atomic mass is 32.1. The van der Waals surface area contributed by atoms with Gasteiger partial charge in [0.1, 0.15) is 0 Å². The number of nitrogens with zero attached hydrogens (tertiary/aromatic N) is 1. The topological polar surface area (TPSA) is 56.0 Å². The summed E-state index contributed by atoms with van der Waals surface area (Å²) in [7, 11) is 0. The van der Waals surface area contributed by atoms with Gasteiger partial charge < -0.3 is 5.73 Å². The van der Waals surface area contributed by atoms with Crippen molar-refractivity contribution in [2.24, 2.45) is 0 Å². The summed E-state index contributed by atoms with van der Waals surface area (Å²) in [6.07, 6.45) is -3.55. The second kappa shape index (κ2) is 5.00. The number of ketones is 1. The molecule has 0 radical (unpaired) electrons. The maximum absolute atomic E-state index is 12.4. The van der Waals surface area contributed by atoms with Crippen LogP contribution in [0.15, 0.2) is 30.5 Å². The van der Waals surface area contributed by atoms with Crippen molar-refractivity contribution in [3.8, 4) is 0 Å². The molecule has 100 valence electrons. The zero-order chi connectivity index (χ0) is 14.0. The normalized spacial score (nSPS) is 11.5. The van der Waals surface area contributed by atoms with E-state index in [0.29, 0.717) is 22.6 Å². The van der Waals surface area contributed by atoms with Gasteiger partial charge in [0.05, 0.1) is 4.88 Å². The van der Waals surface area contributed by atoms with Crippen LogP contribution in [0.2, 0.25) is 0 Å². The molecule has 0 aliphatic carbocycles. The summed E-state index contributed by atoms with van der Waals surface area (Å²) in [6, 6.07) is 6.66. The number of carbonyl (C=O) groups excluding carboxylic acids is 1. The number of benzene rings is 1. The minimum absolute atomic E-state index is 0.00449. The molecular formula is C12H9F3N2OS. The molecule has 1 aromatic carbocycles. The molecule has 19 heavy (non-hydrogen) atoms. The molecule has 0 bridgehead atoms. The highest BCUT2D eigenvalue weighted by Gasteiger charge is 2.35. The minimum atomic E-state index is -4.51. The van der Waals surface area contributed by atoms with E-state index in [0.717, 1.165) is 6.20 Å². The zero-order valence-corrected chi connectivity index (χ0v) is 10.4. The van der Waals surface area contributed by atoms with Gasteiger partial charge in [-0.1, -0.05) is 12.1 Å². The van der Waals surface area contributed by atoms with Crippen molar-refractivity contribution in [3.63, 3.8) is 0 Å². The molecule has 0 spiro atoms. The lowest BCUT2D eigenvalue weighted by Gasteiger charge is -2.01. The highest BCUT2D eigenvalue weighted by Crippen LogP contribution is 2.32. The van der Waals surface area contributed by atoms with E-state index in [1.165, 1.54) is 0 Å². The number of nitrogen functional groups attached to an aromatic ring is 1. The van der Waals surface area contributed by atoms with Gasteiger partial charge in [-0.2, -0.15) is 13.2 Å². The third-order valence-electron chi connectivity index (χ3n) is 2.34. The van der Waals surface area contributed by atoms with E-state index >= 15 is 0 Å². The second-order valence-corrected chi connectivity index (χ2v) is 4.90. The van der Waals surface area contributed by atoms with E-state index in [-0.39, 0.29) is 11.3 Å². The fourth-order valence-corrected chi connectivity index (χ4v) is 2.23. The monoisotopic (exact) mass is 286 g/mol. The summed E-state index contributed by atoms with van der Waals surface area (Å²) in [5.41, 5.74) is 6.73. The lowest BCUT2D eigenvalue weighted by atomic mass is 10.1. The van der Waals surface area contributed by atoms with Crippen molar-refractivity contribution in [3.05, 3.63) is 45.9 Å². The van der Waals surface area contributed by atoms with Gasteiger partial charge in [-0.25, -0.2) is 4.98 Å². The van der Waals surface area contributed by atoms with Crippen molar-refractivity contribution >= 4 is 22.8 Å². The molecular weight excluding hydrogens is 277 g/mol. The molecule has 0 aliphatic rings. The van der Waals surface area contributed by atoms with Gasteiger partial charge in [0.25, 0.3) is 0 Å². The van der Waals surface area contributed by atoms with Crippen molar-refractivity contribution in [1.29, 1.82) is 0 Å². The molecule has 7 heteroatoms. The third kappa shape index (κ3) is 3.31. The summed E-state index contributed by atoms with van der Waals surface area (Å²) in [4.78, 5) is 15.0. The Labute approximate surface area is 110 Å². The number of hydrogen-bond donors (Lipinski definition) is 1. The Morgan fingerprint density at radius 2 is 2.11 bits per heavy atom. The molecule has 0 fully saturated rings. The Bertz CT molecular complexity index is 607. The van der Waals surface area contributed by atoms with Crippen molar-refractivity contribution in [1.82, 2.24) is 4.98 Å². The molecule has 0 amide bonds. The molecule has 2 N–H and O–H groups in total. The average molecular weight is 286 g/mol. The molecule has 0 atom stereocenters. The van der Waals surface area contributed by atoms with Gasteiger partial charge in [-0.3, -0.25) is 4.79 Å². The molecule has 2 rings (SSSR count). The van der Waals surface area contributed by atoms with Crippen LogP contribution in [-0.2, 0) is 12.6 Å². The smallest absolute Gasteiger partial charge is 0.399 e. The summed E-state index contributed by atoms with van der Waals surface area (Å²) in [5, 5.41) is -1.01. The number of anilines is 1. The second-order valence-electron chi connectivity index (χ2n) is 3.87. The number of carbonyl (C=O) groups is 1. The number of rotatable bonds is 3. The third-order valence-corrected chi connectivity index (χ3v) is 3.42. The summed E-state index contributed by atoms with van der Waals surface area (Å²) >= 11 is 0.354. The van der Waals surface area contributed by atoms with Gasteiger partial charge in [0.2, 0.25) is 0 Å². The Balaban J connectivity index is 2.14. The van der Waals surface area contributed by atoms with Crippen molar-refractivity contribution in [2.75, 3.05) is 5.73 Å². The number of alkyl halides is 3. The van der Waals surface area contributed by atoms with E-state index in [2.05, 4.69) is 4.98 Å². The number of aromatic nitrogens is 1. The first-order chi connectivity index (χ1) is 8.86. The van der Waals surface area contributed by atoms with Crippen LogP contribution in [0.5, 0.6) is 0 Å². The maximum Gasteiger partial charge on any atom is 0.443 e. The van der Waals surface area contributed by atoms with Crippen molar-refractivity contribution < 1.29 is 18.0 Å². The predicted molar refractivity (Wildman–Crippen MR) is 66.0 cm³/mol. The summed E-state index contributed by atoms with van der Waals surface area (Å²) < 4.78 is 37.1. The van der Waals surface area contributed by atoms with E-state index in [1.54, 1.807) is 24.3 Å². The first kappa shape index (κ1) is 13.5. The van der Waals surface area contributed by atoms with E-state index < -0.39 is 17.0 Å². The predicted octanol–water partition coefficient (Wildman–Crippen LogP) is 3.17. The molecule has 3 nitrogen and oxygen atoms in total. The van der Waals surface area contributed by atoms with Gasteiger partial charge in [-0.05, 0) is 17.7 Å². The van der Waals surface area contributed by atoms with Gasteiger partial charge in [0, 0.05) is 18.3 Å². The maximum atomic E-state index is 12.4. The molecule has 1 aromatic heterocycles. The van der Waals surface area contributed by atoms with Crippen LogP contribution in [0.4, 0.5) is 18.9 Å². The number of halogens is 3. The van der Waals surface area contributed by atoms with Crippen LogP contribution in [-0.4, -0.2) is 10.8 Å². The molecule has 0 unspecified atom stereocenters. The van der Waals surface area contributed by atoms with E-state index in [1.807, 2.05) is 0 Å². The molecule has 2 aromatic rings. The molecule has 0 saturated heterocycles. The fourth-order valence-electron chi connectivity index (χ4n) is 1.51. The first-order valence-corrected chi connectivity index (χ1v) is 6.08. The Kier molecular flexibility index (Phi) is 3.57. The molecule has 0 saturated carbocycles. The fraction of sp³-hybridized carbons (Fsp3) is 0.167. The number of thiazole rings is 1. The Morgan fingerprint density at radius 1 is 1.37 bits per heavy atom. The number of nitrogens with two attached hydrogens (primary N) is 1. The molecule has 1 heterocycles. The number of hydrogen-bond acceptors (Lipinski definition) is 4. The summed E-state index contributed by atoms with van der Waals surface area (Å²) in [6.45, 7) is 0. The van der Waals surface area contributed by atoms with Crippen LogP contribution in [0.3, 0.4) is 0 Å². The van der Waals surface area contributed by atoms with Crippen LogP contribution in [0, 0.1) is 0 Å². The van der Waals surface area contributed by atoms with Crippen LogP contribution in [0.1, 0.15) is 20.2 Å². The van der Waals surface area contributed by atoms with E-state index in [9.17, 15) is 18.0 Å². The zero-order valence-electron chi connectivity index (χ0n) is 9.57. The number of Topliss-reactive ketones (excluding diaryl/α,β-unsaturated/α-hetero) is 1. The SMILES string of the molecule is Nc1cccc(CC(=O)c2cnc(C(F)(F)F)s2)c1. The Hall–Kier alpha value is -1.89. The Morgan fingerprint density at radius 3 is 2.68 bits per heavy atom. The van der Waals surface area contributed by atoms with Gasteiger partial charge in [0.15, 0.2) is 10.8 Å². The van der Waals surface area contributed by atoms with Gasteiger partial charge in [-0.15, -0.1) is 11.3 Å². The minimum Gasteiger partial charge on any atom is -0.399 e. The molecule has 0 aliphatic heterocycles. The van der Waals surface area contributed by atoms with Crippen molar-refractivity contribution in [2.45, 2.75) is 12.6 Å². The largest absolute Gasteiger partial charge is 0.443 e. The first-order valence-electron chi connectivity index (χ1n) is 5.27. The van der Waals surface area contributed by atoms with Crippen LogP contribution >= 0.6 is 11.3 Å². The van der Waals surface area contributed by atoms with Gasteiger partial charge >= 0.3 is 6.18 Å². The van der Waals surface area contributed by atoms with E-state index in [4.69, 9.17) is 5.73 Å².